The largest absolute Gasteiger partial charge is 0.312 e. The molecule has 1 nitrogen and oxygen atoms in total. The van der Waals surface area contributed by atoms with Crippen molar-refractivity contribution < 1.29 is 4.39 Å². The van der Waals surface area contributed by atoms with E-state index in [2.05, 4.69) is 35.1 Å². The zero-order valence-corrected chi connectivity index (χ0v) is 13.2. The van der Waals surface area contributed by atoms with Crippen LogP contribution in [0.5, 0.6) is 0 Å². The summed E-state index contributed by atoms with van der Waals surface area (Å²) in [5, 5.41) is 3.42. The second kappa shape index (κ2) is 7.46. The molecule has 0 atom stereocenters. The highest BCUT2D eigenvalue weighted by molar-refractivity contribution is 9.10. The van der Waals surface area contributed by atoms with Gasteiger partial charge in [-0.05, 0) is 36.0 Å². The van der Waals surface area contributed by atoms with Gasteiger partial charge in [0.25, 0.3) is 0 Å². The van der Waals surface area contributed by atoms with Crippen molar-refractivity contribution in [1.82, 2.24) is 5.32 Å². The summed E-state index contributed by atoms with van der Waals surface area (Å²) >= 11 is 9.43. The number of hydrogen-bond acceptors (Lipinski definition) is 1. The molecule has 1 aromatic carbocycles. The molecular weight excluding hydrogens is 317 g/mol. The summed E-state index contributed by atoms with van der Waals surface area (Å²) in [6.07, 6.45) is 2.12. The van der Waals surface area contributed by atoms with Crippen LogP contribution in [-0.4, -0.2) is 12.4 Å². The van der Waals surface area contributed by atoms with Gasteiger partial charge in [-0.3, -0.25) is 0 Å². The van der Waals surface area contributed by atoms with Crippen molar-refractivity contribution in [3.05, 3.63) is 34.1 Å². The molecule has 0 saturated carbocycles. The minimum absolute atomic E-state index is 0.161. The summed E-state index contributed by atoms with van der Waals surface area (Å²) in [6.45, 7) is 5.94. The van der Waals surface area contributed by atoms with Crippen LogP contribution in [-0.2, 0) is 6.54 Å². The Balaban J connectivity index is 2.55. The van der Waals surface area contributed by atoms with Crippen molar-refractivity contribution in [3.8, 4) is 0 Å². The van der Waals surface area contributed by atoms with E-state index in [1.165, 1.54) is 12.1 Å². The average Bonchev–Trinajstić information content (AvgIpc) is 2.38. The first-order valence-corrected chi connectivity index (χ1v) is 7.60. The van der Waals surface area contributed by atoms with Gasteiger partial charge in [0, 0.05) is 23.4 Å². The lowest BCUT2D eigenvalue weighted by Gasteiger charge is -2.29. The smallest absolute Gasteiger partial charge is 0.124 e. The molecule has 1 aromatic rings. The molecule has 0 amide bonds. The number of halogens is 3. The molecule has 18 heavy (non-hydrogen) atoms. The second-order valence-corrected chi connectivity index (χ2v) is 5.80. The van der Waals surface area contributed by atoms with Gasteiger partial charge >= 0.3 is 0 Å². The van der Waals surface area contributed by atoms with Crippen LogP contribution >= 0.6 is 27.5 Å². The Labute approximate surface area is 122 Å². The van der Waals surface area contributed by atoms with Crippen molar-refractivity contribution in [2.75, 3.05) is 12.4 Å². The van der Waals surface area contributed by atoms with Crippen LogP contribution in [0.15, 0.2) is 22.7 Å². The molecule has 0 heterocycles. The van der Waals surface area contributed by atoms with E-state index in [-0.39, 0.29) is 11.2 Å². The Hall–Kier alpha value is -0.120. The predicted molar refractivity (Wildman–Crippen MR) is 79.5 cm³/mol. The van der Waals surface area contributed by atoms with Gasteiger partial charge in [-0.2, -0.15) is 0 Å². The monoisotopic (exact) mass is 335 g/mol. The third kappa shape index (κ3) is 4.22. The van der Waals surface area contributed by atoms with E-state index >= 15 is 0 Å². The lowest BCUT2D eigenvalue weighted by Crippen LogP contribution is -2.34. The van der Waals surface area contributed by atoms with Crippen molar-refractivity contribution in [2.24, 2.45) is 5.41 Å². The van der Waals surface area contributed by atoms with Gasteiger partial charge in [0.15, 0.2) is 0 Å². The van der Waals surface area contributed by atoms with Gasteiger partial charge in [0.05, 0.1) is 0 Å². The van der Waals surface area contributed by atoms with Crippen molar-refractivity contribution in [1.29, 1.82) is 0 Å². The molecule has 0 bridgehead atoms. The van der Waals surface area contributed by atoms with Gasteiger partial charge in [-0.1, -0.05) is 35.8 Å². The van der Waals surface area contributed by atoms with Gasteiger partial charge in [-0.25, -0.2) is 4.39 Å². The molecule has 102 valence electrons. The molecule has 0 aromatic heterocycles. The molecule has 0 spiro atoms. The third-order valence-corrected chi connectivity index (χ3v) is 4.92. The quantitative estimate of drug-likeness (QED) is 0.710. The van der Waals surface area contributed by atoms with E-state index in [0.717, 1.165) is 36.0 Å². The normalized spacial score (nSPS) is 11.8. The minimum atomic E-state index is -0.220. The summed E-state index contributed by atoms with van der Waals surface area (Å²) in [5.41, 5.74) is 1.22. The molecule has 0 fully saturated rings. The lowest BCUT2D eigenvalue weighted by molar-refractivity contribution is 0.286. The third-order valence-electron chi connectivity index (χ3n) is 3.61. The number of alkyl halides is 1. The summed E-state index contributed by atoms with van der Waals surface area (Å²) in [5.74, 6) is 0.445. The van der Waals surface area contributed by atoms with Gasteiger partial charge in [0.1, 0.15) is 5.82 Å². The van der Waals surface area contributed by atoms with Crippen LogP contribution in [0.1, 0.15) is 32.3 Å². The molecule has 1 N–H and O–H groups in total. The van der Waals surface area contributed by atoms with E-state index in [4.69, 9.17) is 11.6 Å². The summed E-state index contributed by atoms with van der Waals surface area (Å²) in [7, 11) is 0. The fourth-order valence-corrected chi connectivity index (χ4v) is 2.83. The summed E-state index contributed by atoms with van der Waals surface area (Å²) in [4.78, 5) is 0. The zero-order chi connectivity index (χ0) is 13.6. The van der Waals surface area contributed by atoms with E-state index in [1.54, 1.807) is 6.07 Å². The van der Waals surface area contributed by atoms with E-state index < -0.39 is 0 Å². The molecule has 1 rings (SSSR count). The molecule has 0 aliphatic heterocycles. The van der Waals surface area contributed by atoms with Gasteiger partial charge < -0.3 is 5.32 Å². The molecule has 0 aliphatic rings. The minimum Gasteiger partial charge on any atom is -0.312 e. The molecule has 0 radical (unpaired) electrons. The Morgan fingerprint density at radius 2 is 2.00 bits per heavy atom. The maximum absolute atomic E-state index is 13.0. The van der Waals surface area contributed by atoms with Crippen LogP contribution in [0.2, 0.25) is 0 Å². The van der Waals surface area contributed by atoms with Crippen molar-refractivity contribution in [3.63, 3.8) is 0 Å². The number of rotatable bonds is 7. The van der Waals surface area contributed by atoms with E-state index in [1.807, 2.05) is 0 Å². The van der Waals surface area contributed by atoms with Crippen LogP contribution in [0, 0.1) is 11.2 Å². The standard InChI is InChI=1S/C14H20BrClFN/c1-3-14(4-2,9-16)10-18-8-11-5-6-12(17)7-13(11)15/h5-7,18H,3-4,8-10H2,1-2H3. The first-order chi connectivity index (χ1) is 8.56. The first-order valence-electron chi connectivity index (χ1n) is 6.27. The summed E-state index contributed by atoms with van der Waals surface area (Å²) in [6, 6.07) is 4.77. The van der Waals surface area contributed by atoms with Crippen LogP contribution in [0.4, 0.5) is 4.39 Å². The number of nitrogens with one attached hydrogen (secondary N) is 1. The fourth-order valence-electron chi connectivity index (χ4n) is 1.86. The molecule has 4 heteroatoms. The molecule has 0 unspecified atom stereocenters. The van der Waals surface area contributed by atoms with Crippen molar-refractivity contribution >= 4 is 27.5 Å². The highest BCUT2D eigenvalue weighted by Gasteiger charge is 2.24. The molecular formula is C14H20BrClFN. The first kappa shape index (κ1) is 15.9. The highest BCUT2D eigenvalue weighted by Crippen LogP contribution is 2.27. The Morgan fingerprint density at radius 3 is 2.50 bits per heavy atom. The Kier molecular flexibility index (Phi) is 6.61. The van der Waals surface area contributed by atoms with Crippen LogP contribution in [0.3, 0.4) is 0 Å². The van der Waals surface area contributed by atoms with Gasteiger partial charge in [0.2, 0.25) is 0 Å². The Morgan fingerprint density at radius 1 is 1.33 bits per heavy atom. The SMILES string of the molecule is CCC(CC)(CCl)CNCc1ccc(F)cc1Br. The average molecular weight is 337 g/mol. The summed E-state index contributed by atoms with van der Waals surface area (Å²) < 4.78 is 13.8. The van der Waals surface area contributed by atoms with Gasteiger partial charge in [-0.15, -0.1) is 11.6 Å². The lowest BCUT2D eigenvalue weighted by atomic mass is 9.84. The van der Waals surface area contributed by atoms with E-state index in [0.29, 0.717) is 5.88 Å². The molecule has 0 saturated heterocycles. The van der Waals surface area contributed by atoms with Crippen LogP contribution in [0.25, 0.3) is 0 Å². The Bertz CT molecular complexity index is 372. The fraction of sp³-hybridized carbons (Fsp3) is 0.571. The van der Waals surface area contributed by atoms with Crippen LogP contribution < -0.4 is 5.32 Å². The predicted octanol–water partition coefficient (Wildman–Crippen LogP) is 4.72. The maximum Gasteiger partial charge on any atom is 0.124 e. The second-order valence-electron chi connectivity index (χ2n) is 4.68. The highest BCUT2D eigenvalue weighted by atomic mass is 79.9. The topological polar surface area (TPSA) is 12.0 Å². The maximum atomic E-state index is 13.0. The number of benzene rings is 1. The zero-order valence-electron chi connectivity index (χ0n) is 10.9. The van der Waals surface area contributed by atoms with Crippen molar-refractivity contribution in [2.45, 2.75) is 33.2 Å². The van der Waals surface area contributed by atoms with E-state index in [9.17, 15) is 4.39 Å². The number of hydrogen-bond donors (Lipinski definition) is 1. The molecule has 0 aliphatic carbocycles.